The average Bonchev–Trinajstić information content (AvgIpc) is 3.52. The van der Waals surface area contributed by atoms with E-state index in [0.29, 0.717) is 17.1 Å². The second-order valence-electron chi connectivity index (χ2n) is 7.87. The zero-order chi connectivity index (χ0) is 21.2. The van der Waals surface area contributed by atoms with E-state index in [1.807, 2.05) is 29.8 Å². The largest absolute Gasteiger partial charge is 0.366 e. The maximum atomic E-state index is 12.6. The van der Waals surface area contributed by atoms with Crippen LogP contribution in [-0.2, 0) is 13.1 Å². The van der Waals surface area contributed by atoms with Gasteiger partial charge >= 0.3 is 0 Å². The van der Waals surface area contributed by atoms with Gasteiger partial charge in [0.2, 0.25) is 5.95 Å². The third-order valence-corrected chi connectivity index (χ3v) is 6.51. The van der Waals surface area contributed by atoms with E-state index < -0.39 is 0 Å². The molecule has 0 bridgehead atoms. The molecule has 0 saturated carbocycles. The van der Waals surface area contributed by atoms with Gasteiger partial charge in [-0.05, 0) is 66.2 Å². The minimum atomic E-state index is -0.0662. The van der Waals surface area contributed by atoms with Gasteiger partial charge in [0.05, 0.1) is 4.88 Å². The second kappa shape index (κ2) is 8.49. The van der Waals surface area contributed by atoms with Crippen molar-refractivity contribution in [2.45, 2.75) is 25.9 Å². The van der Waals surface area contributed by atoms with E-state index in [-0.39, 0.29) is 11.9 Å². The van der Waals surface area contributed by atoms with Crippen LogP contribution in [0, 0.1) is 0 Å². The molecule has 1 aliphatic heterocycles. The van der Waals surface area contributed by atoms with Crippen molar-refractivity contribution < 1.29 is 4.79 Å². The third kappa shape index (κ3) is 4.45. The van der Waals surface area contributed by atoms with E-state index in [2.05, 4.69) is 44.6 Å². The Morgan fingerprint density at radius 1 is 1.06 bits per heavy atom. The quantitative estimate of drug-likeness (QED) is 0.486. The van der Waals surface area contributed by atoms with Crippen LogP contribution in [0.5, 0.6) is 0 Å². The van der Waals surface area contributed by atoms with Crippen LogP contribution < -0.4 is 11.1 Å². The highest BCUT2D eigenvalue weighted by Crippen LogP contribution is 2.26. The summed E-state index contributed by atoms with van der Waals surface area (Å²) >= 11 is 1.43. The Bertz CT molecular complexity index is 1210. The van der Waals surface area contributed by atoms with E-state index in [0.717, 1.165) is 23.2 Å². The summed E-state index contributed by atoms with van der Waals surface area (Å²) in [5.41, 5.74) is 10.7. The fraction of sp³-hybridized carbons (Fsp3) is 0.261. The first kappa shape index (κ1) is 19.7. The molecule has 0 atom stereocenters. The lowest BCUT2D eigenvalue weighted by Gasteiger charge is -2.14. The van der Waals surface area contributed by atoms with Crippen LogP contribution in [0.4, 0.5) is 5.95 Å². The molecule has 1 fully saturated rings. The lowest BCUT2D eigenvalue weighted by Crippen LogP contribution is -2.22. The predicted molar refractivity (Wildman–Crippen MR) is 123 cm³/mol. The van der Waals surface area contributed by atoms with Crippen LogP contribution in [-0.4, -0.2) is 38.5 Å². The summed E-state index contributed by atoms with van der Waals surface area (Å²) in [6.45, 7) is 3.92. The molecule has 1 aromatic carbocycles. The summed E-state index contributed by atoms with van der Waals surface area (Å²) in [4.78, 5) is 19.9. The van der Waals surface area contributed by atoms with Gasteiger partial charge in [0.1, 0.15) is 0 Å². The van der Waals surface area contributed by atoms with Crippen LogP contribution >= 0.6 is 11.3 Å². The molecule has 8 heteroatoms. The lowest BCUT2D eigenvalue weighted by atomic mass is 10.1. The van der Waals surface area contributed by atoms with Gasteiger partial charge in [0.25, 0.3) is 5.91 Å². The Morgan fingerprint density at radius 3 is 2.65 bits per heavy atom. The summed E-state index contributed by atoms with van der Waals surface area (Å²) in [5.74, 6) is 0.176. The van der Waals surface area contributed by atoms with Crippen LogP contribution in [0.2, 0.25) is 0 Å². The van der Waals surface area contributed by atoms with Crippen LogP contribution in [0.3, 0.4) is 0 Å². The molecule has 4 aromatic rings. The highest BCUT2D eigenvalue weighted by atomic mass is 32.1. The first-order valence-corrected chi connectivity index (χ1v) is 11.3. The minimum Gasteiger partial charge on any atom is -0.366 e. The van der Waals surface area contributed by atoms with Gasteiger partial charge in [-0.1, -0.05) is 24.3 Å². The number of amides is 1. The number of pyridine rings is 1. The summed E-state index contributed by atoms with van der Waals surface area (Å²) < 4.78 is 1.65. The normalized spacial score (nSPS) is 14.3. The van der Waals surface area contributed by atoms with Gasteiger partial charge in [-0.15, -0.1) is 16.4 Å². The van der Waals surface area contributed by atoms with Crippen molar-refractivity contribution in [1.82, 2.24) is 24.8 Å². The van der Waals surface area contributed by atoms with Gasteiger partial charge in [0, 0.05) is 24.8 Å². The number of carbonyl (C=O) groups excluding carboxylic acids is 1. The number of nitrogens with one attached hydrogen (secondary N) is 1. The Hall–Kier alpha value is -3.23. The molecule has 3 aromatic heterocycles. The van der Waals surface area contributed by atoms with Gasteiger partial charge in [0.15, 0.2) is 5.65 Å². The molecule has 158 valence electrons. The van der Waals surface area contributed by atoms with Crippen molar-refractivity contribution in [2.75, 3.05) is 18.8 Å². The summed E-state index contributed by atoms with van der Waals surface area (Å²) in [6.07, 6.45) is 4.47. The molecular formula is C23H24N6OS. The Kier molecular flexibility index (Phi) is 5.40. The number of fused-ring (bicyclic) bond motifs is 1. The molecule has 5 rings (SSSR count). The maximum absolute atomic E-state index is 12.6. The summed E-state index contributed by atoms with van der Waals surface area (Å²) in [5, 5.41) is 9.14. The van der Waals surface area contributed by atoms with Crippen molar-refractivity contribution in [3.05, 3.63) is 70.0 Å². The van der Waals surface area contributed by atoms with Gasteiger partial charge in [-0.3, -0.25) is 9.69 Å². The van der Waals surface area contributed by atoms with Crippen LogP contribution in [0.15, 0.2) is 54.0 Å². The number of aromatic nitrogens is 3. The minimum absolute atomic E-state index is 0.0662. The molecule has 1 amide bonds. The molecule has 4 heterocycles. The number of hydrogen-bond donors (Lipinski definition) is 2. The fourth-order valence-corrected chi connectivity index (χ4v) is 4.74. The number of anilines is 1. The molecule has 3 N–H and O–H groups in total. The molecule has 31 heavy (non-hydrogen) atoms. The monoisotopic (exact) mass is 432 g/mol. The Labute approximate surface area is 184 Å². The molecular weight excluding hydrogens is 408 g/mol. The SMILES string of the molecule is Nc1nc2ccc(-c3csc(C(=O)NCc4ccc(CN5CCCC5)cc4)c3)cn2n1. The van der Waals surface area contributed by atoms with Crippen molar-refractivity contribution in [3.63, 3.8) is 0 Å². The molecule has 1 aliphatic rings. The topological polar surface area (TPSA) is 88.5 Å². The number of rotatable bonds is 6. The highest BCUT2D eigenvalue weighted by Gasteiger charge is 2.13. The molecule has 1 saturated heterocycles. The third-order valence-electron chi connectivity index (χ3n) is 5.58. The van der Waals surface area contributed by atoms with E-state index in [1.165, 1.54) is 42.8 Å². The summed E-state index contributed by atoms with van der Waals surface area (Å²) in [6, 6.07) is 14.3. The first-order chi connectivity index (χ1) is 15.1. The van der Waals surface area contributed by atoms with E-state index in [4.69, 9.17) is 5.73 Å². The Balaban J connectivity index is 1.20. The first-order valence-electron chi connectivity index (χ1n) is 10.4. The average molecular weight is 433 g/mol. The number of carbonyl (C=O) groups is 1. The second-order valence-corrected chi connectivity index (χ2v) is 8.78. The van der Waals surface area contributed by atoms with Crippen LogP contribution in [0.1, 0.15) is 33.6 Å². The number of thiophene rings is 1. The van der Waals surface area contributed by atoms with E-state index >= 15 is 0 Å². The highest BCUT2D eigenvalue weighted by molar-refractivity contribution is 7.12. The van der Waals surface area contributed by atoms with E-state index in [1.54, 1.807) is 4.52 Å². The number of nitrogen functional groups attached to an aromatic ring is 1. The van der Waals surface area contributed by atoms with Gasteiger partial charge in [-0.2, -0.15) is 4.98 Å². The summed E-state index contributed by atoms with van der Waals surface area (Å²) in [7, 11) is 0. The fourth-order valence-electron chi connectivity index (χ4n) is 3.91. The van der Waals surface area contributed by atoms with Crippen molar-refractivity contribution in [1.29, 1.82) is 0 Å². The van der Waals surface area contributed by atoms with Crippen LogP contribution in [0.25, 0.3) is 16.8 Å². The predicted octanol–water partition coefficient (Wildman–Crippen LogP) is 3.57. The smallest absolute Gasteiger partial charge is 0.261 e. The van der Waals surface area contributed by atoms with Crippen molar-refractivity contribution in [2.24, 2.45) is 0 Å². The van der Waals surface area contributed by atoms with E-state index in [9.17, 15) is 4.79 Å². The van der Waals surface area contributed by atoms with Gasteiger partial charge in [-0.25, -0.2) is 4.52 Å². The number of benzene rings is 1. The Morgan fingerprint density at radius 2 is 1.84 bits per heavy atom. The zero-order valence-electron chi connectivity index (χ0n) is 17.1. The van der Waals surface area contributed by atoms with Gasteiger partial charge < -0.3 is 11.1 Å². The molecule has 7 nitrogen and oxygen atoms in total. The number of nitrogens with zero attached hydrogens (tertiary/aromatic N) is 4. The zero-order valence-corrected chi connectivity index (χ0v) is 17.9. The molecule has 0 radical (unpaired) electrons. The lowest BCUT2D eigenvalue weighted by molar-refractivity contribution is 0.0955. The van der Waals surface area contributed by atoms with Crippen molar-refractivity contribution >= 4 is 28.8 Å². The molecule has 0 aliphatic carbocycles. The maximum Gasteiger partial charge on any atom is 0.261 e. The number of nitrogens with two attached hydrogens (primary N) is 1. The molecule has 0 spiro atoms. The molecule has 0 unspecified atom stereocenters. The number of likely N-dealkylation sites (tertiary alicyclic amines) is 1. The number of hydrogen-bond acceptors (Lipinski definition) is 6. The van der Waals surface area contributed by atoms with Crippen molar-refractivity contribution in [3.8, 4) is 11.1 Å². The standard InChI is InChI=1S/C23H24N6OS/c24-23-26-21-8-7-18(14-29(21)27-23)19-11-20(31-15-19)22(30)25-12-16-3-5-17(6-4-16)13-28-9-1-2-10-28/h3-8,11,14-15H,1-2,9-10,12-13H2,(H2,24,27)(H,25,30).